The van der Waals surface area contributed by atoms with Crippen LogP contribution in [0, 0.1) is 0 Å². The summed E-state index contributed by atoms with van der Waals surface area (Å²) in [6, 6.07) is 46.4. The van der Waals surface area contributed by atoms with Crippen LogP contribution < -0.4 is 9.64 Å². The van der Waals surface area contributed by atoms with Gasteiger partial charge in [0, 0.05) is 49.4 Å². The highest BCUT2D eigenvalue weighted by Crippen LogP contribution is 2.48. The Morgan fingerprint density at radius 3 is 2.30 bits per heavy atom. The lowest BCUT2D eigenvalue weighted by atomic mass is 9.93. The maximum atomic E-state index is 15.6. The molecule has 60 heavy (non-hydrogen) atoms. The molecule has 0 spiro atoms. The van der Waals surface area contributed by atoms with E-state index in [0.29, 0.717) is 34.5 Å². The Bertz CT molecular complexity index is 2680. The van der Waals surface area contributed by atoms with Crippen molar-refractivity contribution < 1.29 is 29.0 Å². The number of aliphatic hydroxyl groups excluding tert-OH is 1. The monoisotopic (exact) mass is 795 g/mol. The van der Waals surface area contributed by atoms with Gasteiger partial charge in [0.15, 0.2) is 0 Å². The molecule has 7 aromatic rings. The summed E-state index contributed by atoms with van der Waals surface area (Å²) >= 11 is 0. The van der Waals surface area contributed by atoms with Crippen molar-refractivity contribution in [3.8, 4) is 16.9 Å². The van der Waals surface area contributed by atoms with Crippen LogP contribution in [0.3, 0.4) is 0 Å². The standard InChI is InChI=1S/C51H45N3O6/c1-3-13-47(60-34(2)56)49-48(43-32-40(59-31-12-30-55)27-29-46(43)54(49)51(58)45-28-26-39-17-8-10-21-44(39)52-45)53(50(57)42-20-11-18-38-16-7-9-19-41(38)42)33-35-22-24-37(25-23-35)36-14-5-4-6-15-36/h3-11,14-29,32,47-49,55H,1,12-13,30-31,33H2,2H3/t47?,48-,49+/m0/s1. The Balaban J connectivity index is 1.34. The second-order valence-electron chi connectivity index (χ2n) is 14.8. The average molecular weight is 796 g/mol. The van der Waals surface area contributed by atoms with E-state index in [1.165, 1.54) is 6.92 Å². The molecule has 9 heteroatoms. The van der Waals surface area contributed by atoms with Crippen molar-refractivity contribution in [2.24, 2.45) is 0 Å². The number of carbonyl (C=O) groups excluding carboxylic acids is 3. The summed E-state index contributed by atoms with van der Waals surface area (Å²) in [5, 5.41) is 12.1. The molecule has 1 unspecified atom stereocenters. The molecular formula is C51H45N3O6. The van der Waals surface area contributed by atoms with E-state index >= 15 is 9.59 Å². The first-order chi connectivity index (χ1) is 29.3. The maximum absolute atomic E-state index is 15.6. The topological polar surface area (TPSA) is 109 Å². The fourth-order valence-corrected chi connectivity index (χ4v) is 8.22. The molecule has 1 aromatic heterocycles. The molecule has 0 saturated carbocycles. The molecule has 300 valence electrons. The summed E-state index contributed by atoms with van der Waals surface area (Å²) in [5.74, 6) is -0.731. The number of nitrogens with zero attached hydrogens (tertiary/aromatic N) is 3. The second-order valence-corrected chi connectivity index (χ2v) is 14.8. The fourth-order valence-electron chi connectivity index (χ4n) is 8.22. The first-order valence-electron chi connectivity index (χ1n) is 20.1. The molecule has 3 atom stereocenters. The van der Waals surface area contributed by atoms with Crippen LogP contribution in [0.5, 0.6) is 5.75 Å². The molecule has 0 radical (unpaired) electrons. The molecule has 0 aliphatic carbocycles. The lowest BCUT2D eigenvalue weighted by molar-refractivity contribution is -0.147. The van der Waals surface area contributed by atoms with Crippen LogP contribution in [-0.4, -0.2) is 58.1 Å². The minimum Gasteiger partial charge on any atom is -0.493 e. The van der Waals surface area contributed by atoms with Gasteiger partial charge in [0.05, 0.1) is 29.9 Å². The van der Waals surface area contributed by atoms with Crippen molar-refractivity contribution in [1.29, 1.82) is 0 Å². The zero-order chi connectivity index (χ0) is 41.6. The molecule has 0 bridgehead atoms. The van der Waals surface area contributed by atoms with Crippen LogP contribution in [0.25, 0.3) is 32.8 Å². The number of aromatic nitrogens is 1. The van der Waals surface area contributed by atoms with E-state index in [9.17, 15) is 9.90 Å². The molecule has 8 rings (SSSR count). The number of fused-ring (bicyclic) bond motifs is 3. The largest absolute Gasteiger partial charge is 0.493 e. The number of rotatable bonds is 14. The van der Waals surface area contributed by atoms with Gasteiger partial charge in [0.25, 0.3) is 11.8 Å². The van der Waals surface area contributed by atoms with E-state index < -0.39 is 30.1 Å². The Kier molecular flexibility index (Phi) is 11.8. The van der Waals surface area contributed by atoms with E-state index in [1.807, 2.05) is 127 Å². The van der Waals surface area contributed by atoms with Crippen LogP contribution in [0.15, 0.2) is 164 Å². The number of pyridine rings is 1. The molecule has 1 aliphatic rings. The van der Waals surface area contributed by atoms with E-state index in [1.54, 1.807) is 28.0 Å². The molecular weight excluding hydrogens is 751 g/mol. The zero-order valence-electron chi connectivity index (χ0n) is 33.3. The number of hydrogen-bond donors (Lipinski definition) is 1. The summed E-state index contributed by atoms with van der Waals surface area (Å²) in [4.78, 5) is 52.0. The van der Waals surface area contributed by atoms with E-state index in [-0.39, 0.29) is 37.8 Å². The van der Waals surface area contributed by atoms with Crippen LogP contribution in [-0.2, 0) is 16.1 Å². The number of benzene rings is 6. The minimum absolute atomic E-state index is 0.0430. The smallest absolute Gasteiger partial charge is 0.302 e. The van der Waals surface area contributed by atoms with Gasteiger partial charge in [0.1, 0.15) is 17.5 Å². The van der Waals surface area contributed by atoms with Gasteiger partial charge in [-0.2, -0.15) is 0 Å². The highest BCUT2D eigenvalue weighted by atomic mass is 16.5. The van der Waals surface area contributed by atoms with Crippen LogP contribution >= 0.6 is 0 Å². The maximum Gasteiger partial charge on any atom is 0.302 e. The van der Waals surface area contributed by atoms with Crippen molar-refractivity contribution in [2.45, 2.75) is 44.5 Å². The van der Waals surface area contributed by atoms with Gasteiger partial charge < -0.3 is 19.5 Å². The SMILES string of the molecule is C=CCC(OC(C)=O)[C@@H]1[C@@H](N(Cc2ccc(-c3ccccc3)cc2)C(=O)c2cccc3ccccc23)c2cc(OCCCO)ccc2N1C(=O)c1ccc2ccccc2n1. The number of aliphatic hydroxyl groups is 1. The predicted molar refractivity (Wildman–Crippen MR) is 235 cm³/mol. The molecule has 1 N–H and O–H groups in total. The summed E-state index contributed by atoms with van der Waals surface area (Å²) in [5.41, 5.74) is 5.43. The van der Waals surface area contributed by atoms with Crippen molar-refractivity contribution >= 4 is 45.1 Å². The second kappa shape index (κ2) is 17.8. The summed E-state index contributed by atoms with van der Waals surface area (Å²) in [7, 11) is 0. The lowest BCUT2D eigenvalue weighted by Gasteiger charge is -2.39. The Morgan fingerprint density at radius 1 is 0.817 bits per heavy atom. The quantitative estimate of drug-likeness (QED) is 0.0664. The number of amides is 2. The number of hydrogen-bond acceptors (Lipinski definition) is 7. The number of esters is 1. The first-order valence-corrected chi connectivity index (χ1v) is 20.1. The third-order valence-electron chi connectivity index (χ3n) is 10.9. The molecule has 0 fully saturated rings. The van der Waals surface area contributed by atoms with Crippen molar-refractivity contribution in [3.05, 3.63) is 187 Å². The van der Waals surface area contributed by atoms with Gasteiger partial charge in [-0.1, -0.05) is 121 Å². The van der Waals surface area contributed by atoms with Crippen molar-refractivity contribution in [3.63, 3.8) is 0 Å². The normalized spacial score (nSPS) is 15.0. The number of carbonyl (C=O) groups is 3. The van der Waals surface area contributed by atoms with Gasteiger partial charge >= 0.3 is 5.97 Å². The summed E-state index contributed by atoms with van der Waals surface area (Å²) < 4.78 is 12.3. The Morgan fingerprint density at radius 2 is 1.53 bits per heavy atom. The Labute approximate surface area is 349 Å². The molecule has 1 aliphatic heterocycles. The molecule has 2 heterocycles. The Hall–Kier alpha value is -7.10. The van der Waals surface area contributed by atoms with Crippen LogP contribution in [0.2, 0.25) is 0 Å². The van der Waals surface area contributed by atoms with Crippen LogP contribution in [0.4, 0.5) is 5.69 Å². The molecule has 6 aromatic carbocycles. The van der Waals surface area contributed by atoms with Crippen LogP contribution in [0.1, 0.15) is 57.8 Å². The summed E-state index contributed by atoms with van der Waals surface area (Å²) in [6.07, 6.45) is 1.34. The average Bonchev–Trinajstić information content (AvgIpc) is 3.61. The predicted octanol–water partition coefficient (Wildman–Crippen LogP) is 9.74. The van der Waals surface area contributed by atoms with Gasteiger partial charge in [-0.25, -0.2) is 4.98 Å². The van der Waals surface area contributed by atoms with Crippen molar-refractivity contribution in [2.75, 3.05) is 18.1 Å². The number of para-hydroxylation sites is 1. The first kappa shape index (κ1) is 39.7. The molecule has 0 saturated heterocycles. The van der Waals surface area contributed by atoms with E-state index in [2.05, 4.69) is 18.7 Å². The highest BCUT2D eigenvalue weighted by molar-refractivity contribution is 6.10. The molecule has 9 nitrogen and oxygen atoms in total. The number of ether oxygens (including phenoxy) is 2. The van der Waals surface area contributed by atoms with E-state index in [0.717, 1.165) is 32.8 Å². The number of anilines is 1. The zero-order valence-corrected chi connectivity index (χ0v) is 33.3. The van der Waals surface area contributed by atoms with Gasteiger partial charge in [-0.05, 0) is 63.9 Å². The van der Waals surface area contributed by atoms with Gasteiger partial charge in [-0.15, -0.1) is 6.58 Å². The van der Waals surface area contributed by atoms with Gasteiger partial charge in [0.2, 0.25) is 0 Å². The molecule has 2 amide bonds. The third kappa shape index (κ3) is 8.12. The van der Waals surface area contributed by atoms with E-state index in [4.69, 9.17) is 14.5 Å². The lowest BCUT2D eigenvalue weighted by Crippen LogP contribution is -2.53. The van der Waals surface area contributed by atoms with Crippen molar-refractivity contribution in [1.82, 2.24) is 9.88 Å². The minimum atomic E-state index is -0.933. The summed E-state index contributed by atoms with van der Waals surface area (Å²) in [6.45, 7) is 5.70. The highest BCUT2D eigenvalue weighted by Gasteiger charge is 2.51. The van der Waals surface area contributed by atoms with Gasteiger partial charge in [-0.3, -0.25) is 19.3 Å². The fraction of sp³-hybridized carbons (Fsp3) is 0.176. The third-order valence-corrected chi connectivity index (χ3v) is 10.9.